The average Bonchev–Trinajstić information content (AvgIpc) is 1.86. The molecule has 2 heteroatoms. The van der Waals surface area contributed by atoms with Crippen molar-refractivity contribution in [2.45, 2.75) is 32.7 Å². The zero-order valence-electron chi connectivity index (χ0n) is 8.57. The van der Waals surface area contributed by atoms with Crippen molar-refractivity contribution in [2.24, 2.45) is 0 Å². The zero-order chi connectivity index (χ0) is 8.91. The van der Waals surface area contributed by atoms with Gasteiger partial charge in [-0.1, -0.05) is 0 Å². The average molecular weight is 158 g/mol. The number of hydrogen-bond donors (Lipinski definition) is 1. The molecule has 0 aromatic rings. The van der Waals surface area contributed by atoms with Gasteiger partial charge in [0.1, 0.15) is 0 Å². The maximum absolute atomic E-state index is 3.15. The molecule has 0 rings (SSSR count). The van der Waals surface area contributed by atoms with Crippen LogP contribution in [0.25, 0.3) is 0 Å². The Kier molecular flexibility index (Phi) is 4.69. The lowest BCUT2D eigenvalue weighted by atomic mass is 10.1. The van der Waals surface area contributed by atoms with Crippen LogP contribution in [0, 0.1) is 0 Å². The highest BCUT2D eigenvalue weighted by Gasteiger charge is 2.15. The normalized spacial score (nSPS) is 12.5. The molecule has 0 aromatic carbocycles. The van der Waals surface area contributed by atoms with Gasteiger partial charge in [-0.05, 0) is 54.4 Å². The number of rotatable bonds is 4. The van der Waals surface area contributed by atoms with Crippen molar-refractivity contribution in [3.8, 4) is 0 Å². The number of nitrogens with zero attached hydrogens (tertiary/aromatic N) is 1. The van der Waals surface area contributed by atoms with E-state index in [2.05, 4.69) is 38.0 Å². The molecule has 1 N–H and O–H groups in total. The van der Waals surface area contributed by atoms with E-state index in [9.17, 15) is 0 Å². The summed E-state index contributed by atoms with van der Waals surface area (Å²) >= 11 is 0. The molecule has 2 nitrogen and oxygen atoms in total. The molecule has 11 heavy (non-hydrogen) atoms. The second kappa shape index (κ2) is 4.73. The van der Waals surface area contributed by atoms with Gasteiger partial charge in [-0.15, -0.1) is 0 Å². The fraction of sp³-hybridized carbons (Fsp3) is 1.00. The monoisotopic (exact) mass is 158 g/mol. The second-order valence-electron chi connectivity index (χ2n) is 4.05. The molecule has 0 radical (unpaired) electrons. The van der Waals surface area contributed by atoms with Crippen molar-refractivity contribution in [1.29, 1.82) is 0 Å². The third kappa shape index (κ3) is 5.22. The van der Waals surface area contributed by atoms with Crippen molar-refractivity contribution in [3.05, 3.63) is 0 Å². The summed E-state index contributed by atoms with van der Waals surface area (Å²) in [6.07, 6.45) is 1.23. The first-order valence-electron chi connectivity index (χ1n) is 4.34. The van der Waals surface area contributed by atoms with E-state index >= 15 is 0 Å². The largest absolute Gasteiger partial charge is 0.320 e. The second-order valence-corrected chi connectivity index (χ2v) is 4.05. The van der Waals surface area contributed by atoms with Crippen LogP contribution < -0.4 is 5.32 Å². The molecule has 0 aromatic heterocycles. The van der Waals surface area contributed by atoms with Crippen LogP contribution >= 0.6 is 0 Å². The van der Waals surface area contributed by atoms with Gasteiger partial charge in [0.15, 0.2) is 0 Å². The van der Waals surface area contributed by atoms with Gasteiger partial charge in [-0.25, -0.2) is 0 Å². The van der Waals surface area contributed by atoms with Crippen molar-refractivity contribution in [2.75, 3.05) is 27.2 Å². The van der Waals surface area contributed by atoms with E-state index in [1.54, 1.807) is 0 Å². The quantitative estimate of drug-likeness (QED) is 0.621. The molecule has 0 aliphatic heterocycles. The third-order valence-corrected chi connectivity index (χ3v) is 2.07. The van der Waals surface area contributed by atoms with Crippen molar-refractivity contribution in [1.82, 2.24) is 10.2 Å². The van der Waals surface area contributed by atoms with Gasteiger partial charge in [0.25, 0.3) is 0 Å². The SMILES string of the molecule is CNCCCN(C)C(C)(C)C. The van der Waals surface area contributed by atoms with Gasteiger partial charge in [0.05, 0.1) is 0 Å². The lowest BCUT2D eigenvalue weighted by molar-refractivity contribution is 0.174. The summed E-state index contributed by atoms with van der Waals surface area (Å²) in [7, 11) is 4.17. The van der Waals surface area contributed by atoms with Crippen LogP contribution in [0.2, 0.25) is 0 Å². The molecular formula is C9H22N2. The number of nitrogens with one attached hydrogen (secondary N) is 1. The maximum Gasteiger partial charge on any atom is 0.0122 e. The maximum atomic E-state index is 3.15. The van der Waals surface area contributed by atoms with Crippen LogP contribution in [0.1, 0.15) is 27.2 Å². The highest BCUT2D eigenvalue weighted by molar-refractivity contribution is 4.72. The van der Waals surface area contributed by atoms with E-state index in [0.29, 0.717) is 5.54 Å². The molecule has 0 fully saturated rings. The fourth-order valence-electron chi connectivity index (χ4n) is 0.828. The van der Waals surface area contributed by atoms with Crippen LogP contribution in [0.4, 0.5) is 0 Å². The van der Waals surface area contributed by atoms with Crippen LogP contribution in [0.15, 0.2) is 0 Å². The first kappa shape index (κ1) is 10.9. The molecule has 0 unspecified atom stereocenters. The molecule has 68 valence electrons. The summed E-state index contributed by atoms with van der Waals surface area (Å²) in [5.41, 5.74) is 0.313. The fourth-order valence-corrected chi connectivity index (χ4v) is 0.828. The van der Waals surface area contributed by atoms with Crippen molar-refractivity contribution < 1.29 is 0 Å². The highest BCUT2D eigenvalue weighted by atomic mass is 15.2. The Morgan fingerprint density at radius 1 is 1.27 bits per heavy atom. The van der Waals surface area contributed by atoms with Crippen LogP contribution in [-0.2, 0) is 0 Å². The first-order chi connectivity index (χ1) is 4.98. The molecule has 0 saturated heterocycles. The standard InChI is InChI=1S/C9H22N2/c1-9(2,3)11(5)8-6-7-10-4/h10H,6-8H2,1-5H3. The molecule has 0 amide bonds. The minimum Gasteiger partial charge on any atom is -0.320 e. The Balaban J connectivity index is 3.44. The minimum atomic E-state index is 0.313. The molecule has 0 saturated carbocycles. The van der Waals surface area contributed by atoms with Gasteiger partial charge in [0.2, 0.25) is 0 Å². The number of hydrogen-bond acceptors (Lipinski definition) is 2. The lowest BCUT2D eigenvalue weighted by Crippen LogP contribution is -2.39. The minimum absolute atomic E-state index is 0.313. The summed E-state index contributed by atoms with van der Waals surface area (Å²) in [5, 5.41) is 3.15. The van der Waals surface area contributed by atoms with Gasteiger partial charge in [-0.3, -0.25) is 0 Å². The van der Waals surface area contributed by atoms with E-state index < -0.39 is 0 Å². The Bertz CT molecular complexity index is 94.2. The molecular weight excluding hydrogens is 136 g/mol. The van der Waals surface area contributed by atoms with E-state index in [4.69, 9.17) is 0 Å². The molecule has 0 aliphatic rings. The first-order valence-corrected chi connectivity index (χ1v) is 4.34. The van der Waals surface area contributed by atoms with Gasteiger partial charge >= 0.3 is 0 Å². The summed E-state index contributed by atoms with van der Waals surface area (Å²) in [4.78, 5) is 2.38. The Morgan fingerprint density at radius 3 is 2.18 bits per heavy atom. The van der Waals surface area contributed by atoms with Gasteiger partial charge in [-0.2, -0.15) is 0 Å². The predicted molar refractivity (Wildman–Crippen MR) is 50.9 cm³/mol. The van der Waals surface area contributed by atoms with E-state index in [-0.39, 0.29) is 0 Å². The van der Waals surface area contributed by atoms with E-state index in [1.165, 1.54) is 13.0 Å². The Morgan fingerprint density at radius 2 is 1.82 bits per heavy atom. The van der Waals surface area contributed by atoms with E-state index in [0.717, 1.165) is 6.54 Å². The topological polar surface area (TPSA) is 15.3 Å². The van der Waals surface area contributed by atoms with Gasteiger partial charge < -0.3 is 10.2 Å². The van der Waals surface area contributed by atoms with E-state index in [1.807, 2.05) is 7.05 Å². The Labute approximate surface area is 71.0 Å². The summed E-state index contributed by atoms with van der Waals surface area (Å²) in [6.45, 7) is 9.01. The summed E-state index contributed by atoms with van der Waals surface area (Å²) in [6, 6.07) is 0. The van der Waals surface area contributed by atoms with Crippen molar-refractivity contribution >= 4 is 0 Å². The molecule has 0 spiro atoms. The molecule has 0 bridgehead atoms. The molecule has 0 heterocycles. The van der Waals surface area contributed by atoms with Crippen molar-refractivity contribution in [3.63, 3.8) is 0 Å². The molecule has 0 aliphatic carbocycles. The summed E-state index contributed by atoms with van der Waals surface area (Å²) < 4.78 is 0. The third-order valence-electron chi connectivity index (χ3n) is 2.07. The zero-order valence-corrected chi connectivity index (χ0v) is 8.57. The van der Waals surface area contributed by atoms with Crippen LogP contribution in [0.3, 0.4) is 0 Å². The van der Waals surface area contributed by atoms with Crippen LogP contribution in [0.5, 0.6) is 0 Å². The lowest BCUT2D eigenvalue weighted by Gasteiger charge is -2.31. The van der Waals surface area contributed by atoms with Gasteiger partial charge in [0, 0.05) is 5.54 Å². The smallest absolute Gasteiger partial charge is 0.0122 e. The highest BCUT2D eigenvalue weighted by Crippen LogP contribution is 2.09. The molecule has 0 atom stereocenters. The summed E-state index contributed by atoms with van der Waals surface area (Å²) in [5.74, 6) is 0. The predicted octanol–water partition coefficient (Wildman–Crippen LogP) is 1.33. The Hall–Kier alpha value is -0.0800. The van der Waals surface area contributed by atoms with Crippen LogP contribution in [-0.4, -0.2) is 37.6 Å².